The maximum absolute atomic E-state index is 14.3. The molecule has 4 heterocycles. The molecule has 3 atom stereocenters. The van der Waals surface area contributed by atoms with E-state index in [1.54, 1.807) is 22.5 Å². The quantitative estimate of drug-likeness (QED) is 0.0249. The number of thiazole rings is 1. The highest BCUT2D eigenvalue weighted by atomic mass is 32.2. The number of likely N-dealkylation sites (tertiary alicyclic amines) is 1. The number of alkyl halides is 3. The number of thioether (sulfide) groups is 1. The third-order valence-electron chi connectivity index (χ3n) is 14.2. The van der Waals surface area contributed by atoms with Crippen LogP contribution in [0.2, 0.25) is 0 Å². The monoisotopic (exact) mass is 1210 g/mol. The molecule has 2 fully saturated rings. The number of hydrogen-bond donors (Lipinski definition) is 2. The summed E-state index contributed by atoms with van der Waals surface area (Å²) < 4.78 is 81.2. The summed E-state index contributed by atoms with van der Waals surface area (Å²) in [5.41, 5.74) is 4.81. The van der Waals surface area contributed by atoms with Gasteiger partial charge in [0.05, 0.1) is 92.5 Å². The van der Waals surface area contributed by atoms with Gasteiger partial charge in [0.25, 0.3) is 17.1 Å². The van der Waals surface area contributed by atoms with Crippen LogP contribution in [0.15, 0.2) is 89.3 Å². The minimum absolute atomic E-state index is 0.0209. The number of aromatic nitrogens is 1. The highest BCUT2D eigenvalue weighted by Crippen LogP contribution is 2.43. The van der Waals surface area contributed by atoms with Gasteiger partial charge in [-0.15, -0.1) is 11.3 Å². The molecule has 2 saturated heterocycles. The number of fused-ring (bicyclic) bond motifs is 1. The molecule has 3 aliphatic heterocycles. The summed E-state index contributed by atoms with van der Waals surface area (Å²) in [4.78, 5) is 80.1. The Labute approximate surface area is 499 Å². The number of aliphatic hydroxyl groups excluding tert-OH is 1. The number of β-amino-alcohol motifs (C(OH)–C–C–N with tert-alkyl or cyclic N) is 1. The topological polar surface area (TPSA) is 209 Å². The number of benzene rings is 4. The van der Waals surface area contributed by atoms with Crippen molar-refractivity contribution in [2.24, 2.45) is 5.92 Å². The van der Waals surface area contributed by atoms with Crippen LogP contribution >= 0.6 is 23.1 Å². The fourth-order valence-corrected chi connectivity index (χ4v) is 11.6. The zero-order valence-electron chi connectivity index (χ0n) is 47.5. The summed E-state index contributed by atoms with van der Waals surface area (Å²) in [6.07, 6.45) is -1.61. The first kappa shape index (κ1) is 63.6. The summed E-state index contributed by atoms with van der Waals surface area (Å²) >= 11 is 2.26. The van der Waals surface area contributed by atoms with Crippen molar-refractivity contribution in [2.75, 3.05) is 79.7 Å². The first-order valence-corrected chi connectivity index (χ1v) is 29.5. The summed E-state index contributed by atoms with van der Waals surface area (Å²) in [5, 5.41) is 13.3. The predicted octanol–water partition coefficient (Wildman–Crippen LogP) is 10.1. The lowest BCUT2D eigenvalue weighted by Crippen LogP contribution is -2.55. The minimum atomic E-state index is -4.78. The Kier molecular flexibility index (Phi) is 22.6. The van der Waals surface area contributed by atoms with Gasteiger partial charge in [-0.3, -0.25) is 28.9 Å². The molecule has 3 aliphatic rings. The highest BCUT2D eigenvalue weighted by molar-refractivity contribution is 8.18. The van der Waals surface area contributed by atoms with Crippen LogP contribution in [0.25, 0.3) is 21.4 Å². The lowest BCUT2D eigenvalue weighted by atomic mass is 10.0. The number of carbonyl (C=O) groups is 5. The average Bonchev–Trinajstić information content (AvgIpc) is 2.79. The molecule has 5 aromatic rings. The Balaban J connectivity index is 0.684. The third-order valence-corrected chi connectivity index (χ3v) is 16.1. The summed E-state index contributed by atoms with van der Waals surface area (Å²) in [7, 11) is 1.31. The molecular weight excluding hydrogens is 1150 g/mol. The minimum Gasteiger partial charge on any atom is -0.493 e. The van der Waals surface area contributed by atoms with Gasteiger partial charge in [0, 0.05) is 50.4 Å². The number of hydrogen-bond acceptors (Lipinski definition) is 16. The number of nitrogens with zero attached hydrogens (tertiary/aromatic N) is 5. The van der Waals surface area contributed by atoms with Crippen molar-refractivity contribution in [1.29, 1.82) is 0 Å². The molecular formula is C61H67F3N6O13S2. The van der Waals surface area contributed by atoms with Crippen molar-refractivity contribution in [2.45, 2.75) is 83.9 Å². The molecule has 2 N–H and O–H groups in total. The lowest BCUT2D eigenvalue weighted by Gasteiger charge is -2.35. The SMILES string of the molecule is [C-]#[N+]c1ccc(Oc2ccc(/C=C3\SC(=O)N(CCOCCOCCCCCOCCOCCOc4cc(-c5scnc5C)ccc4CNC(=O)[C@@H]4C[C@@H](O)CN4C(=O)[C@H](C(C)C)N4Cc5ccccc5C4=O)C3=O)cc2OC)c(C(F)(F)F)c1. The first-order chi connectivity index (χ1) is 40.9. The van der Waals surface area contributed by atoms with E-state index < -0.39 is 52.7 Å². The fraction of sp³-hybridized carbons (Fsp3) is 0.426. The summed E-state index contributed by atoms with van der Waals surface area (Å²) in [6, 6.07) is 18.6. The smallest absolute Gasteiger partial charge is 0.418 e. The van der Waals surface area contributed by atoms with E-state index in [0.29, 0.717) is 68.1 Å². The Morgan fingerprint density at radius 1 is 0.847 bits per heavy atom. The second kappa shape index (κ2) is 30.1. The first-order valence-electron chi connectivity index (χ1n) is 27.8. The molecule has 1 aromatic heterocycles. The molecule has 5 amide bonds. The fourth-order valence-electron chi connectivity index (χ4n) is 9.93. The zero-order valence-corrected chi connectivity index (χ0v) is 49.2. The molecule has 0 radical (unpaired) electrons. The van der Waals surface area contributed by atoms with Gasteiger partial charge in [0.2, 0.25) is 11.8 Å². The van der Waals surface area contributed by atoms with Crippen LogP contribution < -0.4 is 19.5 Å². The molecule has 8 rings (SSSR count). The number of imide groups is 1. The number of halogens is 3. The molecule has 0 spiro atoms. The van der Waals surface area contributed by atoms with Gasteiger partial charge in [-0.25, -0.2) is 9.83 Å². The van der Waals surface area contributed by atoms with E-state index >= 15 is 0 Å². The van der Waals surface area contributed by atoms with Crippen LogP contribution in [-0.4, -0.2) is 152 Å². The molecule has 0 bridgehead atoms. The van der Waals surface area contributed by atoms with Crippen LogP contribution in [0, 0.1) is 19.4 Å². The normalized spacial score (nSPS) is 16.8. The summed E-state index contributed by atoms with van der Waals surface area (Å²) in [5.74, 6) is -1.70. The van der Waals surface area contributed by atoms with Crippen LogP contribution in [0.5, 0.6) is 23.0 Å². The number of carbonyl (C=O) groups excluding carboxylic acids is 5. The van der Waals surface area contributed by atoms with Crippen molar-refractivity contribution in [1.82, 2.24) is 25.0 Å². The number of amides is 5. The maximum Gasteiger partial charge on any atom is 0.418 e. The van der Waals surface area contributed by atoms with Crippen molar-refractivity contribution in [3.8, 4) is 33.4 Å². The molecule has 0 unspecified atom stereocenters. The Hall–Kier alpha value is -7.37. The lowest BCUT2D eigenvalue weighted by molar-refractivity contribution is -0.143. The number of aliphatic hydroxyl groups is 1. The molecule has 452 valence electrons. The second-order valence-electron chi connectivity index (χ2n) is 20.5. The predicted molar refractivity (Wildman–Crippen MR) is 311 cm³/mol. The van der Waals surface area contributed by atoms with E-state index in [9.17, 15) is 42.3 Å². The number of aryl methyl sites for hydroxylation is 1. The number of ether oxygens (including phenoxy) is 7. The highest BCUT2D eigenvalue weighted by Gasteiger charge is 2.46. The van der Waals surface area contributed by atoms with Gasteiger partial charge in [-0.1, -0.05) is 56.3 Å². The van der Waals surface area contributed by atoms with E-state index in [0.717, 1.165) is 63.7 Å². The van der Waals surface area contributed by atoms with Gasteiger partial charge in [0.1, 0.15) is 30.2 Å². The van der Waals surface area contributed by atoms with Crippen molar-refractivity contribution in [3.05, 3.63) is 134 Å². The van der Waals surface area contributed by atoms with Gasteiger partial charge < -0.3 is 53.4 Å². The average molecular weight is 1210 g/mol. The third kappa shape index (κ3) is 16.5. The second-order valence-corrected chi connectivity index (χ2v) is 22.3. The van der Waals surface area contributed by atoms with E-state index in [2.05, 4.69) is 15.1 Å². The summed E-state index contributed by atoms with van der Waals surface area (Å²) in [6.45, 7) is 16.1. The van der Waals surface area contributed by atoms with Gasteiger partial charge >= 0.3 is 6.18 Å². The number of rotatable bonds is 30. The maximum atomic E-state index is 14.3. The van der Waals surface area contributed by atoms with Crippen LogP contribution in [0.4, 0.5) is 23.7 Å². The van der Waals surface area contributed by atoms with Crippen molar-refractivity contribution >= 4 is 63.7 Å². The van der Waals surface area contributed by atoms with Crippen LogP contribution in [0.3, 0.4) is 0 Å². The van der Waals surface area contributed by atoms with Crippen LogP contribution in [-0.2, 0) is 52.6 Å². The van der Waals surface area contributed by atoms with Crippen molar-refractivity contribution in [3.63, 3.8) is 0 Å². The molecule has 4 aromatic carbocycles. The number of methoxy groups -OCH3 is 1. The van der Waals surface area contributed by atoms with Crippen molar-refractivity contribution < 1.29 is 75.4 Å². The van der Waals surface area contributed by atoms with E-state index in [1.165, 1.54) is 53.7 Å². The molecule has 85 heavy (non-hydrogen) atoms. The van der Waals surface area contributed by atoms with Gasteiger partial charge in [-0.05, 0) is 103 Å². The molecule has 24 heteroatoms. The standard InChI is InChI=1S/C61H67F3N6O13S2/c1-38(2)54(70-35-43-11-7-8-12-46(43)57(70)73)59(75)69-36-45(71)33-48(69)56(72)66-34-42-15-14-41(55-39(3)67-37-84-55)31-51(42)82-28-27-81-26-24-79-21-10-6-9-20-78-23-25-80-22-19-68-58(74)53(85-60(68)76)30-40-13-17-50(52(29-40)77-5)83-49-18-16-44(65-4)32-47(49)61(62,63)64/h7-8,11-18,29-32,37-38,45,48,54,71H,6,9-10,19-28,33-36H2,1-3,5H3,(H,66,72)/b53-30-/t45-,48+,54+/m1/s1. The Morgan fingerprint density at radius 2 is 1.55 bits per heavy atom. The molecule has 0 aliphatic carbocycles. The van der Waals surface area contributed by atoms with Crippen LogP contribution in [0.1, 0.15) is 77.8 Å². The number of unbranched alkanes of at least 4 members (excludes halogenated alkanes) is 2. The Morgan fingerprint density at radius 3 is 2.24 bits per heavy atom. The largest absolute Gasteiger partial charge is 0.493 e. The zero-order chi connectivity index (χ0) is 60.6. The molecule has 0 saturated carbocycles. The Bertz CT molecular complexity index is 3260. The van der Waals surface area contributed by atoms with E-state index in [-0.39, 0.29) is 92.3 Å². The van der Waals surface area contributed by atoms with Gasteiger partial charge in [-0.2, -0.15) is 13.2 Å². The van der Waals surface area contributed by atoms with E-state index in [1.807, 2.05) is 51.1 Å². The van der Waals surface area contributed by atoms with Gasteiger partial charge in [0.15, 0.2) is 17.2 Å². The van der Waals surface area contributed by atoms with E-state index in [4.69, 9.17) is 39.7 Å². The molecule has 19 nitrogen and oxygen atoms in total. The number of nitrogens with one attached hydrogen (secondary N) is 1.